The molecule has 0 N–H and O–H groups in total. The second kappa shape index (κ2) is 15.4. The van der Waals surface area contributed by atoms with Gasteiger partial charge in [-0.2, -0.15) is 0 Å². The van der Waals surface area contributed by atoms with E-state index in [0.717, 1.165) is 69.1 Å². The van der Waals surface area contributed by atoms with Gasteiger partial charge in [0, 0.05) is 33.8 Å². The van der Waals surface area contributed by atoms with Crippen LogP contribution in [0.25, 0.3) is 61.0 Å². The van der Waals surface area contributed by atoms with Gasteiger partial charge < -0.3 is 14.5 Å². The van der Waals surface area contributed by atoms with Gasteiger partial charge in [0.1, 0.15) is 5.75 Å². The number of fused-ring (bicyclic) bond motifs is 4. The van der Waals surface area contributed by atoms with Gasteiger partial charge in [-0.3, -0.25) is 0 Å². The number of hydrogen-bond acceptors (Lipinski definition) is 3. The number of allylic oxidation sites excluding steroid dienone is 1. The maximum absolute atomic E-state index is 7.39. The predicted octanol–water partition coefficient (Wildman–Crippen LogP) is 17.0. The Morgan fingerprint density at radius 1 is 0.397 bits per heavy atom. The lowest BCUT2D eigenvalue weighted by atomic mass is 9.92. The highest BCUT2D eigenvalue weighted by molar-refractivity contribution is 6.09. The maximum atomic E-state index is 7.39. The molecule has 2 aliphatic rings. The fourth-order valence-electron chi connectivity index (χ4n) is 9.71. The van der Waals surface area contributed by atoms with Crippen LogP contribution in [0.3, 0.4) is 0 Å². The quantitative estimate of drug-likeness (QED) is 0.152. The summed E-state index contributed by atoms with van der Waals surface area (Å²) in [5, 5.41) is 4.61. The topological polar surface area (TPSA) is 15.7 Å². The van der Waals surface area contributed by atoms with Crippen molar-refractivity contribution in [3.63, 3.8) is 0 Å². The standard InChI is InChI=1S/C60H42N2O/c1-3-15-41(16-4-1)43-31-35-48(36-32-43)61(55-28-12-21-45-19-7-9-24-51(45)55)50-39-47-23-11-26-53-54-27-14-30-57(60(54)63-58(40-50)59(47)53)62(56-29-13-22-46-20-8-10-25-52(46)56)49-37-33-44(34-38-49)42-17-5-2-6-18-42/h1-9,11-24,26-40H,10,25H2. The second-order valence-corrected chi connectivity index (χ2v) is 16.4. The first-order chi connectivity index (χ1) is 31.2. The van der Waals surface area contributed by atoms with Gasteiger partial charge in [-0.25, -0.2) is 0 Å². The zero-order valence-corrected chi connectivity index (χ0v) is 34.7. The van der Waals surface area contributed by atoms with Crippen LogP contribution in [0.5, 0.6) is 11.5 Å². The zero-order valence-electron chi connectivity index (χ0n) is 34.7. The van der Waals surface area contributed by atoms with E-state index in [1.54, 1.807) is 0 Å². The molecule has 63 heavy (non-hydrogen) atoms. The summed E-state index contributed by atoms with van der Waals surface area (Å²) in [6.07, 6.45) is 6.53. The number of para-hydroxylation sites is 1. The molecule has 10 aromatic rings. The Morgan fingerprint density at radius 3 is 1.73 bits per heavy atom. The van der Waals surface area contributed by atoms with E-state index in [4.69, 9.17) is 4.74 Å². The third-order valence-corrected chi connectivity index (χ3v) is 12.7. The van der Waals surface area contributed by atoms with E-state index in [0.29, 0.717) is 0 Å². The molecule has 1 aliphatic heterocycles. The van der Waals surface area contributed by atoms with Crippen LogP contribution in [0, 0.1) is 0 Å². The molecule has 0 amide bonds. The lowest BCUT2D eigenvalue weighted by Crippen LogP contribution is -2.15. The van der Waals surface area contributed by atoms with Crippen LogP contribution in [0.1, 0.15) is 17.5 Å². The van der Waals surface area contributed by atoms with Gasteiger partial charge in [-0.1, -0.05) is 176 Å². The molecule has 298 valence electrons. The molecule has 3 heteroatoms. The summed E-state index contributed by atoms with van der Waals surface area (Å²) >= 11 is 0. The van der Waals surface area contributed by atoms with Gasteiger partial charge in [0.05, 0.1) is 22.7 Å². The lowest BCUT2D eigenvalue weighted by Gasteiger charge is -2.33. The van der Waals surface area contributed by atoms with Crippen LogP contribution >= 0.6 is 0 Å². The first kappa shape index (κ1) is 36.7. The molecule has 1 heterocycles. The normalized spacial score (nSPS) is 12.4. The molecule has 0 unspecified atom stereocenters. The minimum Gasteiger partial charge on any atom is -0.454 e. The van der Waals surface area contributed by atoms with Crippen molar-refractivity contribution in [3.8, 4) is 44.9 Å². The minimum absolute atomic E-state index is 0.835. The van der Waals surface area contributed by atoms with Crippen molar-refractivity contribution in [2.24, 2.45) is 0 Å². The fraction of sp³-hybridized carbons (Fsp3) is 0.0333. The summed E-state index contributed by atoms with van der Waals surface area (Å²) in [6, 6.07) is 78.8. The lowest BCUT2D eigenvalue weighted by molar-refractivity contribution is 0.488. The number of rotatable bonds is 8. The van der Waals surface area contributed by atoms with Crippen LogP contribution in [-0.4, -0.2) is 0 Å². The number of benzene rings is 10. The Balaban J connectivity index is 1.03. The number of nitrogens with zero attached hydrogens (tertiary/aromatic N) is 2. The molecule has 0 radical (unpaired) electrons. The Kier molecular flexibility index (Phi) is 8.97. The average molecular weight is 807 g/mol. The van der Waals surface area contributed by atoms with Gasteiger partial charge in [0.25, 0.3) is 0 Å². The van der Waals surface area contributed by atoms with Gasteiger partial charge in [-0.15, -0.1) is 0 Å². The highest BCUT2D eigenvalue weighted by atomic mass is 16.5. The third-order valence-electron chi connectivity index (χ3n) is 12.7. The van der Waals surface area contributed by atoms with Crippen LogP contribution < -0.4 is 14.5 Å². The molecule has 1 aliphatic carbocycles. The van der Waals surface area contributed by atoms with E-state index < -0.39 is 0 Å². The molecule has 0 bridgehead atoms. The van der Waals surface area contributed by atoms with Crippen molar-refractivity contribution in [1.29, 1.82) is 0 Å². The summed E-state index contributed by atoms with van der Waals surface area (Å²) in [5.74, 6) is 1.68. The van der Waals surface area contributed by atoms with Gasteiger partial charge in [-0.05, 0) is 111 Å². The molecule has 0 fully saturated rings. The van der Waals surface area contributed by atoms with E-state index in [-0.39, 0.29) is 0 Å². The summed E-state index contributed by atoms with van der Waals surface area (Å²) in [5.41, 5.74) is 16.0. The third kappa shape index (κ3) is 6.45. The first-order valence-corrected chi connectivity index (χ1v) is 21.8. The predicted molar refractivity (Wildman–Crippen MR) is 265 cm³/mol. The molecule has 12 rings (SSSR count). The molecule has 0 spiro atoms. The van der Waals surface area contributed by atoms with Crippen molar-refractivity contribution in [1.82, 2.24) is 0 Å². The Morgan fingerprint density at radius 2 is 0.968 bits per heavy atom. The van der Waals surface area contributed by atoms with Gasteiger partial charge >= 0.3 is 0 Å². The highest BCUT2D eigenvalue weighted by Gasteiger charge is 2.29. The van der Waals surface area contributed by atoms with E-state index >= 15 is 0 Å². The molecule has 0 aromatic heterocycles. The number of hydrogen-bond donors (Lipinski definition) is 0. The Hall–Kier alpha value is -8.14. The van der Waals surface area contributed by atoms with E-state index in [9.17, 15) is 0 Å². The molecule has 0 atom stereocenters. The largest absolute Gasteiger partial charge is 0.454 e. The average Bonchev–Trinajstić information content (AvgIpc) is 3.35. The molecule has 10 aromatic carbocycles. The van der Waals surface area contributed by atoms with E-state index in [1.165, 1.54) is 55.4 Å². The SMILES string of the molecule is C1=Cc2cccc(N(c3ccc(-c4ccccc4)cc3)c3cccc4c3Oc3cc(N(c5ccc(-c6ccccc6)cc5)c5cccc6ccccc56)cc5cccc-4c35)c2CC1. The fourth-order valence-corrected chi connectivity index (χ4v) is 9.71. The van der Waals surface area contributed by atoms with Crippen molar-refractivity contribution in [2.45, 2.75) is 12.8 Å². The molecule has 0 saturated heterocycles. The van der Waals surface area contributed by atoms with E-state index in [1.807, 2.05) is 0 Å². The Bertz CT molecular complexity index is 3350. The summed E-state index contributed by atoms with van der Waals surface area (Å²) in [7, 11) is 0. The zero-order chi connectivity index (χ0) is 41.7. The molecular formula is C60H42N2O. The molecule has 0 saturated carbocycles. The monoisotopic (exact) mass is 806 g/mol. The second-order valence-electron chi connectivity index (χ2n) is 16.4. The van der Waals surface area contributed by atoms with Crippen LogP contribution in [0.15, 0.2) is 224 Å². The molecular weight excluding hydrogens is 765 g/mol. The van der Waals surface area contributed by atoms with Gasteiger partial charge in [0.15, 0.2) is 5.75 Å². The minimum atomic E-state index is 0.835. The van der Waals surface area contributed by atoms with Gasteiger partial charge in [0.2, 0.25) is 0 Å². The van der Waals surface area contributed by atoms with Crippen LogP contribution in [0.4, 0.5) is 34.1 Å². The van der Waals surface area contributed by atoms with Crippen molar-refractivity contribution >= 4 is 61.7 Å². The highest BCUT2D eigenvalue weighted by Crippen LogP contribution is 2.55. The first-order valence-electron chi connectivity index (χ1n) is 21.8. The summed E-state index contributed by atoms with van der Waals surface area (Å²) < 4.78 is 7.39. The molecule has 3 nitrogen and oxygen atoms in total. The number of ether oxygens (including phenoxy) is 1. The van der Waals surface area contributed by atoms with Crippen LogP contribution in [0.2, 0.25) is 0 Å². The number of anilines is 6. The smallest absolute Gasteiger partial charge is 0.159 e. The van der Waals surface area contributed by atoms with Crippen LogP contribution in [-0.2, 0) is 6.42 Å². The van der Waals surface area contributed by atoms with Crippen molar-refractivity contribution in [3.05, 3.63) is 236 Å². The summed E-state index contributed by atoms with van der Waals surface area (Å²) in [6.45, 7) is 0. The summed E-state index contributed by atoms with van der Waals surface area (Å²) in [4.78, 5) is 4.80. The Labute approximate surface area is 368 Å². The van der Waals surface area contributed by atoms with Crippen molar-refractivity contribution < 1.29 is 4.74 Å². The van der Waals surface area contributed by atoms with E-state index in [2.05, 4.69) is 240 Å². The maximum Gasteiger partial charge on any atom is 0.159 e. The van der Waals surface area contributed by atoms with Crippen molar-refractivity contribution in [2.75, 3.05) is 9.80 Å².